The number of benzene rings is 1. The Balaban J connectivity index is 2.69. The summed E-state index contributed by atoms with van der Waals surface area (Å²) >= 11 is 0. The van der Waals surface area contributed by atoms with Crippen LogP contribution in [0.3, 0.4) is 0 Å². The van der Waals surface area contributed by atoms with Crippen LogP contribution in [0.15, 0.2) is 18.2 Å². The van der Waals surface area contributed by atoms with Gasteiger partial charge in [-0.2, -0.15) is 5.26 Å². The molecular formula is C15H20N2O2. The number of nitrogens with zero attached hydrogens (tertiary/aromatic N) is 1. The molecule has 0 aliphatic heterocycles. The minimum absolute atomic E-state index is 0.149. The highest BCUT2D eigenvalue weighted by atomic mass is 16.5. The second-order valence-electron chi connectivity index (χ2n) is 4.40. The lowest BCUT2D eigenvalue weighted by Crippen LogP contribution is -2.29. The van der Waals surface area contributed by atoms with E-state index >= 15 is 0 Å². The number of esters is 1. The molecule has 102 valence electrons. The number of nitriles is 1. The average molecular weight is 260 g/mol. The molecule has 0 saturated carbocycles. The second kappa shape index (κ2) is 7.42. The van der Waals surface area contributed by atoms with E-state index in [-0.39, 0.29) is 19.0 Å². The van der Waals surface area contributed by atoms with Gasteiger partial charge in [0.15, 0.2) is 0 Å². The van der Waals surface area contributed by atoms with Gasteiger partial charge < -0.3 is 10.1 Å². The highest BCUT2D eigenvalue weighted by molar-refractivity contribution is 5.79. The van der Waals surface area contributed by atoms with Crippen molar-refractivity contribution in [1.82, 2.24) is 0 Å². The lowest BCUT2D eigenvalue weighted by molar-refractivity contribution is -0.143. The summed E-state index contributed by atoms with van der Waals surface area (Å²) in [5.74, 6) is -0.333. The van der Waals surface area contributed by atoms with Crippen molar-refractivity contribution in [2.45, 2.75) is 39.7 Å². The molecule has 0 aliphatic rings. The van der Waals surface area contributed by atoms with Crippen LogP contribution in [0, 0.1) is 18.3 Å². The maximum atomic E-state index is 11.7. The molecule has 0 aromatic heterocycles. The number of rotatable bonds is 6. The molecule has 4 nitrogen and oxygen atoms in total. The molecule has 0 saturated heterocycles. The quantitative estimate of drug-likeness (QED) is 0.631. The van der Waals surface area contributed by atoms with E-state index in [1.54, 1.807) is 6.92 Å². The maximum absolute atomic E-state index is 11.7. The molecule has 0 amide bonds. The van der Waals surface area contributed by atoms with Crippen molar-refractivity contribution in [3.8, 4) is 6.07 Å². The molecule has 0 heterocycles. The van der Waals surface area contributed by atoms with E-state index in [0.29, 0.717) is 0 Å². The lowest BCUT2D eigenvalue weighted by Gasteiger charge is -2.18. The molecule has 0 radical (unpaired) electrons. The van der Waals surface area contributed by atoms with Gasteiger partial charge in [-0.1, -0.05) is 25.1 Å². The molecule has 1 rings (SSSR count). The van der Waals surface area contributed by atoms with Crippen LogP contribution < -0.4 is 5.32 Å². The van der Waals surface area contributed by atoms with Crippen LogP contribution in [-0.4, -0.2) is 18.6 Å². The smallest absolute Gasteiger partial charge is 0.328 e. The predicted octanol–water partition coefficient (Wildman–Crippen LogP) is 2.81. The summed E-state index contributed by atoms with van der Waals surface area (Å²) in [4.78, 5) is 11.7. The average Bonchev–Trinajstić information content (AvgIpc) is 2.41. The first kappa shape index (κ1) is 15.0. The zero-order valence-corrected chi connectivity index (χ0v) is 11.7. The number of hydrogen-bond acceptors (Lipinski definition) is 4. The molecule has 4 heteroatoms. The molecule has 19 heavy (non-hydrogen) atoms. The first-order valence-corrected chi connectivity index (χ1v) is 6.48. The van der Waals surface area contributed by atoms with Gasteiger partial charge in [0.2, 0.25) is 0 Å². The van der Waals surface area contributed by atoms with Gasteiger partial charge in [0.1, 0.15) is 12.6 Å². The molecule has 1 aromatic carbocycles. The van der Waals surface area contributed by atoms with Crippen molar-refractivity contribution in [2.75, 3.05) is 11.9 Å². The van der Waals surface area contributed by atoms with E-state index in [2.05, 4.69) is 12.2 Å². The second-order valence-corrected chi connectivity index (χ2v) is 4.40. The van der Waals surface area contributed by atoms with Crippen LogP contribution >= 0.6 is 0 Å². The van der Waals surface area contributed by atoms with Crippen LogP contribution in [0.4, 0.5) is 5.69 Å². The summed E-state index contributed by atoms with van der Waals surface area (Å²) in [7, 11) is 0. The van der Waals surface area contributed by atoms with Crippen molar-refractivity contribution in [1.29, 1.82) is 5.26 Å². The largest absolute Gasteiger partial charge is 0.463 e. The number of ether oxygens (including phenoxy) is 1. The van der Waals surface area contributed by atoms with Gasteiger partial charge in [-0.25, -0.2) is 4.79 Å². The Kier molecular flexibility index (Phi) is 5.87. The number of carbonyl (C=O) groups is 1. The van der Waals surface area contributed by atoms with E-state index in [4.69, 9.17) is 10.00 Å². The molecular weight excluding hydrogens is 240 g/mol. The third-order valence-corrected chi connectivity index (χ3v) is 2.91. The van der Waals surface area contributed by atoms with Crippen molar-refractivity contribution in [3.63, 3.8) is 0 Å². The minimum atomic E-state index is -0.426. The maximum Gasteiger partial charge on any atom is 0.328 e. The summed E-state index contributed by atoms with van der Waals surface area (Å²) in [5.41, 5.74) is 3.28. The summed E-state index contributed by atoms with van der Waals surface area (Å²) < 4.78 is 5.01. The zero-order chi connectivity index (χ0) is 14.3. The molecule has 1 N–H and O–H groups in total. The van der Waals surface area contributed by atoms with E-state index in [0.717, 1.165) is 17.7 Å². The number of carbonyl (C=O) groups excluding carboxylic acids is 1. The number of anilines is 1. The first-order valence-electron chi connectivity index (χ1n) is 6.48. The Bertz CT molecular complexity index is 478. The summed E-state index contributed by atoms with van der Waals surface area (Å²) in [6.45, 7) is 6.00. The number of hydrogen-bond donors (Lipinski definition) is 1. The van der Waals surface area contributed by atoms with E-state index in [1.807, 2.05) is 31.2 Å². The summed E-state index contributed by atoms with van der Waals surface area (Å²) in [5, 5.41) is 11.6. The molecule has 1 atom stereocenters. The molecule has 0 bridgehead atoms. The van der Waals surface area contributed by atoms with Crippen molar-refractivity contribution >= 4 is 11.7 Å². The van der Waals surface area contributed by atoms with Crippen LogP contribution in [0.1, 0.15) is 31.4 Å². The van der Waals surface area contributed by atoms with Crippen molar-refractivity contribution < 1.29 is 9.53 Å². The molecule has 0 spiro atoms. The standard InChI is InChI=1S/C15H20N2O2/c1-4-13-8-5-7-11(2)14(13)17-12(3)15(18)19-10-6-9-16/h5,7-8,12,17H,4,6,10H2,1-3H3/t12-/m0/s1. The fraction of sp³-hybridized carbons (Fsp3) is 0.467. The van der Waals surface area contributed by atoms with E-state index in [1.165, 1.54) is 5.56 Å². The third kappa shape index (κ3) is 4.29. The van der Waals surface area contributed by atoms with E-state index in [9.17, 15) is 4.79 Å². The zero-order valence-electron chi connectivity index (χ0n) is 11.7. The Morgan fingerprint density at radius 2 is 2.26 bits per heavy atom. The molecule has 0 aliphatic carbocycles. The Labute approximate surface area is 114 Å². The van der Waals surface area contributed by atoms with Gasteiger partial charge in [0, 0.05) is 5.69 Å². The lowest BCUT2D eigenvalue weighted by atomic mass is 10.1. The monoisotopic (exact) mass is 260 g/mol. The van der Waals surface area contributed by atoms with Crippen molar-refractivity contribution in [2.24, 2.45) is 0 Å². The van der Waals surface area contributed by atoms with Gasteiger partial charge in [0.25, 0.3) is 0 Å². The highest BCUT2D eigenvalue weighted by Gasteiger charge is 2.16. The molecule has 1 aromatic rings. The molecule has 0 unspecified atom stereocenters. The number of nitrogens with one attached hydrogen (secondary N) is 1. The number of aryl methyl sites for hydroxylation is 2. The Morgan fingerprint density at radius 1 is 1.53 bits per heavy atom. The van der Waals surface area contributed by atoms with Crippen LogP contribution in [0.2, 0.25) is 0 Å². The fourth-order valence-corrected chi connectivity index (χ4v) is 1.83. The van der Waals surface area contributed by atoms with Crippen molar-refractivity contribution in [3.05, 3.63) is 29.3 Å². The van der Waals surface area contributed by atoms with Crippen LogP contribution in [0.25, 0.3) is 0 Å². The SMILES string of the molecule is CCc1cccc(C)c1N[C@@H](C)C(=O)OCCC#N. The normalized spacial score (nSPS) is 11.5. The molecule has 0 fully saturated rings. The predicted molar refractivity (Wildman–Crippen MR) is 74.8 cm³/mol. The van der Waals surface area contributed by atoms with Crippen LogP contribution in [0.5, 0.6) is 0 Å². The minimum Gasteiger partial charge on any atom is -0.463 e. The van der Waals surface area contributed by atoms with Gasteiger partial charge in [0.05, 0.1) is 12.5 Å². The van der Waals surface area contributed by atoms with Gasteiger partial charge in [-0.15, -0.1) is 0 Å². The topological polar surface area (TPSA) is 62.1 Å². The highest BCUT2D eigenvalue weighted by Crippen LogP contribution is 2.22. The van der Waals surface area contributed by atoms with E-state index < -0.39 is 6.04 Å². The van der Waals surface area contributed by atoms with Crippen LogP contribution in [-0.2, 0) is 16.0 Å². The third-order valence-electron chi connectivity index (χ3n) is 2.91. The Hall–Kier alpha value is -2.02. The fourth-order valence-electron chi connectivity index (χ4n) is 1.83. The summed E-state index contributed by atoms with van der Waals surface area (Å²) in [6.07, 6.45) is 1.13. The number of para-hydroxylation sites is 1. The first-order chi connectivity index (χ1) is 9.10. The van der Waals surface area contributed by atoms with Gasteiger partial charge in [-0.05, 0) is 31.4 Å². The summed E-state index contributed by atoms with van der Waals surface area (Å²) in [6, 6.07) is 7.58. The van der Waals surface area contributed by atoms with Gasteiger partial charge in [-0.3, -0.25) is 0 Å². The van der Waals surface area contributed by atoms with Gasteiger partial charge >= 0.3 is 5.97 Å². The Morgan fingerprint density at radius 3 is 2.89 bits per heavy atom.